The van der Waals surface area contributed by atoms with Crippen molar-refractivity contribution in [2.45, 2.75) is 39.7 Å². The Hall–Kier alpha value is -2.13. The highest BCUT2D eigenvalue weighted by atomic mass is 16.1. The molecule has 1 amide bonds. The van der Waals surface area contributed by atoms with Crippen LogP contribution in [0, 0.1) is 13.8 Å². The van der Waals surface area contributed by atoms with Crippen molar-refractivity contribution >= 4 is 5.91 Å². The molecule has 0 aliphatic rings. The van der Waals surface area contributed by atoms with E-state index in [0.29, 0.717) is 18.0 Å². The van der Waals surface area contributed by atoms with Gasteiger partial charge >= 0.3 is 0 Å². The summed E-state index contributed by atoms with van der Waals surface area (Å²) in [5, 5.41) is 2.94. The minimum absolute atomic E-state index is 0.0690. The first-order valence-electron chi connectivity index (χ1n) is 8.09. The fourth-order valence-electron chi connectivity index (χ4n) is 2.52. The topological polar surface area (TPSA) is 55.1 Å². The van der Waals surface area contributed by atoms with Crippen molar-refractivity contribution in [3.05, 3.63) is 70.3 Å². The summed E-state index contributed by atoms with van der Waals surface area (Å²) in [6, 6.07) is 14.0. The lowest BCUT2D eigenvalue weighted by Gasteiger charge is -2.15. The van der Waals surface area contributed by atoms with E-state index in [4.69, 9.17) is 5.73 Å². The van der Waals surface area contributed by atoms with Gasteiger partial charge in [0.05, 0.1) is 0 Å². The molecule has 3 N–H and O–H groups in total. The number of carbonyl (C=O) groups excluding carboxylic acids is 1. The molecule has 0 saturated heterocycles. The van der Waals surface area contributed by atoms with E-state index in [1.807, 2.05) is 44.2 Å². The molecule has 3 heteroatoms. The monoisotopic (exact) mass is 310 g/mol. The van der Waals surface area contributed by atoms with Crippen molar-refractivity contribution in [1.82, 2.24) is 5.32 Å². The number of aryl methyl sites for hydroxylation is 2. The highest BCUT2D eigenvalue weighted by Crippen LogP contribution is 2.17. The first-order chi connectivity index (χ1) is 10.9. The molecule has 0 fully saturated rings. The zero-order valence-electron chi connectivity index (χ0n) is 14.4. The second-order valence-corrected chi connectivity index (χ2v) is 6.46. The van der Waals surface area contributed by atoms with Crippen molar-refractivity contribution < 1.29 is 4.79 Å². The van der Waals surface area contributed by atoms with Gasteiger partial charge in [-0.2, -0.15) is 0 Å². The fourth-order valence-corrected chi connectivity index (χ4v) is 2.52. The van der Waals surface area contributed by atoms with E-state index >= 15 is 0 Å². The van der Waals surface area contributed by atoms with Gasteiger partial charge in [0.25, 0.3) is 5.91 Å². The summed E-state index contributed by atoms with van der Waals surface area (Å²) < 4.78 is 0. The second kappa shape index (κ2) is 7.42. The molecule has 1 atom stereocenters. The van der Waals surface area contributed by atoms with Crippen molar-refractivity contribution in [2.24, 2.45) is 5.73 Å². The third kappa shape index (κ3) is 4.42. The number of hydrogen-bond acceptors (Lipinski definition) is 2. The summed E-state index contributed by atoms with van der Waals surface area (Å²) in [6.07, 6.45) is 0. The van der Waals surface area contributed by atoms with Crippen molar-refractivity contribution in [1.29, 1.82) is 0 Å². The number of carbonyl (C=O) groups is 1. The van der Waals surface area contributed by atoms with Gasteiger partial charge in [-0.25, -0.2) is 0 Å². The predicted octanol–water partition coefficient (Wildman–Crippen LogP) is 3.86. The Kier molecular flexibility index (Phi) is 5.56. The van der Waals surface area contributed by atoms with E-state index < -0.39 is 0 Å². The average Bonchev–Trinajstić information content (AvgIpc) is 2.54. The number of benzene rings is 2. The lowest BCUT2D eigenvalue weighted by atomic mass is 9.99. The van der Waals surface area contributed by atoms with Crippen LogP contribution in [0.4, 0.5) is 0 Å². The average molecular weight is 310 g/mol. The van der Waals surface area contributed by atoms with Crippen LogP contribution in [0.5, 0.6) is 0 Å². The molecule has 0 aliphatic heterocycles. The van der Waals surface area contributed by atoms with Gasteiger partial charge in [0, 0.05) is 18.2 Å². The Morgan fingerprint density at radius 1 is 1.04 bits per heavy atom. The van der Waals surface area contributed by atoms with E-state index in [1.54, 1.807) is 0 Å². The van der Waals surface area contributed by atoms with Crippen LogP contribution in [0.3, 0.4) is 0 Å². The minimum atomic E-state index is -0.203. The first kappa shape index (κ1) is 17.2. The second-order valence-electron chi connectivity index (χ2n) is 6.46. The summed E-state index contributed by atoms with van der Waals surface area (Å²) in [7, 11) is 0. The smallest absolute Gasteiger partial charge is 0.251 e. The quantitative estimate of drug-likeness (QED) is 0.881. The van der Waals surface area contributed by atoms with Gasteiger partial charge in [-0.3, -0.25) is 4.79 Å². The molecule has 0 aliphatic carbocycles. The summed E-state index contributed by atoms with van der Waals surface area (Å²) in [5.74, 6) is 0.435. The van der Waals surface area contributed by atoms with Gasteiger partial charge in [-0.1, -0.05) is 55.8 Å². The van der Waals surface area contributed by atoms with Crippen LogP contribution < -0.4 is 11.1 Å². The number of nitrogens with one attached hydrogen (secondary N) is 1. The van der Waals surface area contributed by atoms with Crippen molar-refractivity contribution in [2.75, 3.05) is 6.54 Å². The van der Waals surface area contributed by atoms with Gasteiger partial charge < -0.3 is 11.1 Å². The maximum absolute atomic E-state index is 12.3. The van der Waals surface area contributed by atoms with Crippen molar-refractivity contribution in [3.8, 4) is 0 Å². The largest absolute Gasteiger partial charge is 0.350 e. The van der Waals surface area contributed by atoms with Gasteiger partial charge in [0.2, 0.25) is 0 Å². The normalized spacial score (nSPS) is 12.3. The molecule has 23 heavy (non-hydrogen) atoms. The summed E-state index contributed by atoms with van der Waals surface area (Å²) in [6.45, 7) is 8.68. The molecule has 1 unspecified atom stereocenters. The number of hydrogen-bond donors (Lipinski definition) is 2. The van der Waals surface area contributed by atoms with E-state index in [2.05, 4.69) is 31.3 Å². The molecule has 0 aromatic heterocycles. The third-order valence-corrected chi connectivity index (χ3v) is 4.15. The Bertz CT molecular complexity index is 675. The van der Waals surface area contributed by atoms with E-state index in [9.17, 15) is 4.79 Å². The third-order valence-electron chi connectivity index (χ3n) is 4.15. The molecule has 2 aromatic carbocycles. The molecular formula is C20H26N2O. The molecule has 0 spiro atoms. The van der Waals surface area contributed by atoms with Gasteiger partial charge in [0.1, 0.15) is 0 Å². The number of nitrogens with two attached hydrogens (primary N) is 1. The molecule has 0 radical (unpaired) electrons. The molecule has 2 rings (SSSR count). The first-order valence-corrected chi connectivity index (χ1v) is 8.09. The molecule has 0 saturated carbocycles. The lowest BCUT2D eigenvalue weighted by molar-refractivity contribution is 0.0950. The van der Waals surface area contributed by atoms with Gasteiger partial charge in [-0.15, -0.1) is 0 Å². The maximum Gasteiger partial charge on any atom is 0.251 e. The fraction of sp³-hybridized carbons (Fsp3) is 0.350. The molecular weight excluding hydrogens is 284 g/mol. The maximum atomic E-state index is 12.3. The standard InChI is InChI=1S/C20H26N2O/c1-13(2)16-7-9-17(10-8-16)19(21)12-22-20(23)18-11-14(3)5-6-15(18)4/h5-11,13,19H,12,21H2,1-4H3,(H,22,23). The zero-order valence-corrected chi connectivity index (χ0v) is 14.4. The van der Waals surface area contributed by atoms with Crippen LogP contribution in [-0.4, -0.2) is 12.5 Å². The van der Waals surface area contributed by atoms with Crippen LogP contribution in [0.25, 0.3) is 0 Å². The lowest BCUT2D eigenvalue weighted by Crippen LogP contribution is -2.32. The highest BCUT2D eigenvalue weighted by molar-refractivity contribution is 5.95. The Balaban J connectivity index is 1.99. The Morgan fingerprint density at radius 3 is 2.26 bits per heavy atom. The minimum Gasteiger partial charge on any atom is -0.350 e. The molecule has 2 aromatic rings. The molecule has 122 valence electrons. The number of rotatable bonds is 5. The van der Waals surface area contributed by atoms with Gasteiger partial charge in [0.15, 0.2) is 0 Å². The highest BCUT2D eigenvalue weighted by Gasteiger charge is 2.12. The van der Waals surface area contributed by atoms with Crippen LogP contribution >= 0.6 is 0 Å². The summed E-state index contributed by atoms with van der Waals surface area (Å²) in [4.78, 5) is 12.3. The molecule has 3 nitrogen and oxygen atoms in total. The van der Waals surface area contributed by atoms with Gasteiger partial charge in [-0.05, 0) is 42.5 Å². The SMILES string of the molecule is Cc1ccc(C)c(C(=O)NCC(N)c2ccc(C(C)C)cc2)c1. The van der Waals surface area contributed by atoms with Crippen LogP contribution in [0.15, 0.2) is 42.5 Å². The van der Waals surface area contributed by atoms with Crippen molar-refractivity contribution in [3.63, 3.8) is 0 Å². The summed E-state index contributed by atoms with van der Waals surface area (Å²) in [5.41, 5.74) is 11.3. The van der Waals surface area contributed by atoms with E-state index in [-0.39, 0.29) is 11.9 Å². The molecule has 0 bridgehead atoms. The van der Waals surface area contributed by atoms with E-state index in [0.717, 1.165) is 16.7 Å². The van der Waals surface area contributed by atoms with E-state index in [1.165, 1.54) is 5.56 Å². The number of amides is 1. The Labute approximate surface area is 138 Å². The zero-order chi connectivity index (χ0) is 17.0. The van der Waals surface area contributed by atoms with Crippen LogP contribution in [0.1, 0.15) is 58.4 Å². The Morgan fingerprint density at radius 2 is 1.65 bits per heavy atom. The molecule has 0 heterocycles. The predicted molar refractivity (Wildman–Crippen MR) is 95.7 cm³/mol. The summed E-state index contributed by atoms with van der Waals surface area (Å²) >= 11 is 0. The van der Waals surface area contributed by atoms with Crippen LogP contribution in [0.2, 0.25) is 0 Å². The van der Waals surface area contributed by atoms with Crippen LogP contribution in [-0.2, 0) is 0 Å².